The van der Waals surface area contributed by atoms with Gasteiger partial charge >= 0.3 is 0 Å². The standard InChI is InChI=1S/C16H16ClFN2O/c17-11-6-7-12(14(18)9-11)15(20-19)13-5-1-3-10-4-2-8-21-16(10)13/h1,3,5-7,9,15,20H,2,4,8,19H2. The largest absolute Gasteiger partial charge is 0.493 e. The van der Waals surface area contributed by atoms with Gasteiger partial charge in [-0.15, -0.1) is 0 Å². The summed E-state index contributed by atoms with van der Waals surface area (Å²) < 4.78 is 20.0. The first kappa shape index (κ1) is 14.3. The number of rotatable bonds is 3. The summed E-state index contributed by atoms with van der Waals surface area (Å²) in [6.45, 7) is 0.671. The summed E-state index contributed by atoms with van der Waals surface area (Å²) in [4.78, 5) is 0. The van der Waals surface area contributed by atoms with Gasteiger partial charge in [0.25, 0.3) is 0 Å². The van der Waals surface area contributed by atoms with E-state index in [-0.39, 0.29) is 5.82 Å². The van der Waals surface area contributed by atoms with Crippen molar-refractivity contribution in [3.63, 3.8) is 0 Å². The molecule has 0 amide bonds. The van der Waals surface area contributed by atoms with Crippen LogP contribution in [0.15, 0.2) is 36.4 Å². The van der Waals surface area contributed by atoms with Gasteiger partial charge in [-0.3, -0.25) is 5.84 Å². The van der Waals surface area contributed by atoms with E-state index in [1.54, 1.807) is 12.1 Å². The van der Waals surface area contributed by atoms with Crippen LogP contribution in [0.1, 0.15) is 29.2 Å². The lowest BCUT2D eigenvalue weighted by Crippen LogP contribution is -2.30. The van der Waals surface area contributed by atoms with Crippen molar-refractivity contribution in [2.24, 2.45) is 5.84 Å². The Hall–Kier alpha value is -1.62. The quantitative estimate of drug-likeness (QED) is 0.675. The predicted octanol–water partition coefficient (Wildman–Crippen LogP) is 3.36. The van der Waals surface area contributed by atoms with Crippen molar-refractivity contribution in [3.8, 4) is 5.75 Å². The molecule has 2 aromatic rings. The summed E-state index contributed by atoms with van der Waals surface area (Å²) in [5.41, 5.74) is 5.11. The number of ether oxygens (including phenoxy) is 1. The molecule has 1 unspecified atom stereocenters. The van der Waals surface area contributed by atoms with Crippen LogP contribution in [0.2, 0.25) is 5.02 Å². The van der Waals surface area contributed by atoms with E-state index in [0.717, 1.165) is 29.7 Å². The number of nitrogens with two attached hydrogens (primary N) is 1. The van der Waals surface area contributed by atoms with Crippen molar-refractivity contribution in [2.45, 2.75) is 18.9 Å². The molecule has 1 atom stereocenters. The number of fused-ring (bicyclic) bond motifs is 1. The van der Waals surface area contributed by atoms with Crippen LogP contribution in [0.4, 0.5) is 4.39 Å². The summed E-state index contributed by atoms with van der Waals surface area (Å²) in [5.74, 6) is 6.09. The number of benzene rings is 2. The zero-order chi connectivity index (χ0) is 14.8. The van der Waals surface area contributed by atoms with Gasteiger partial charge in [-0.05, 0) is 30.5 Å². The van der Waals surface area contributed by atoms with Crippen molar-refractivity contribution in [1.82, 2.24) is 5.43 Å². The zero-order valence-electron chi connectivity index (χ0n) is 11.4. The third kappa shape index (κ3) is 2.75. The highest BCUT2D eigenvalue weighted by atomic mass is 35.5. The van der Waals surface area contributed by atoms with Gasteiger partial charge in [-0.1, -0.05) is 35.9 Å². The molecule has 5 heteroatoms. The predicted molar refractivity (Wildman–Crippen MR) is 80.8 cm³/mol. The lowest BCUT2D eigenvalue weighted by atomic mass is 9.94. The van der Waals surface area contributed by atoms with E-state index in [1.165, 1.54) is 6.07 Å². The first-order valence-electron chi connectivity index (χ1n) is 6.86. The fourth-order valence-electron chi connectivity index (χ4n) is 2.72. The van der Waals surface area contributed by atoms with Crippen LogP contribution in [0.25, 0.3) is 0 Å². The summed E-state index contributed by atoms with van der Waals surface area (Å²) in [7, 11) is 0. The average Bonchev–Trinajstić information content (AvgIpc) is 2.50. The second-order valence-electron chi connectivity index (χ2n) is 5.05. The zero-order valence-corrected chi connectivity index (χ0v) is 12.2. The van der Waals surface area contributed by atoms with E-state index < -0.39 is 6.04 Å². The van der Waals surface area contributed by atoms with Crippen molar-refractivity contribution in [3.05, 3.63) is 63.9 Å². The maximum atomic E-state index is 14.2. The Morgan fingerprint density at radius 3 is 2.86 bits per heavy atom. The summed E-state index contributed by atoms with van der Waals surface area (Å²) in [5, 5.41) is 0.360. The second-order valence-corrected chi connectivity index (χ2v) is 5.49. The van der Waals surface area contributed by atoms with E-state index in [0.29, 0.717) is 17.2 Å². The number of halogens is 2. The van der Waals surface area contributed by atoms with Gasteiger partial charge in [-0.25, -0.2) is 9.82 Å². The number of para-hydroxylation sites is 1. The molecular weight excluding hydrogens is 291 g/mol. The topological polar surface area (TPSA) is 47.3 Å². The first-order chi connectivity index (χ1) is 10.2. The van der Waals surface area contributed by atoms with Gasteiger partial charge in [0, 0.05) is 16.1 Å². The molecule has 1 aliphatic heterocycles. The molecule has 1 heterocycles. The number of aryl methyl sites for hydroxylation is 1. The molecule has 2 aromatic carbocycles. The Bertz CT molecular complexity index is 663. The average molecular weight is 307 g/mol. The molecule has 0 aliphatic carbocycles. The Morgan fingerprint density at radius 1 is 1.24 bits per heavy atom. The number of hydrazine groups is 1. The van der Waals surface area contributed by atoms with Crippen molar-refractivity contribution in [2.75, 3.05) is 6.61 Å². The van der Waals surface area contributed by atoms with Crippen LogP contribution < -0.4 is 16.0 Å². The molecule has 0 bridgehead atoms. The number of nitrogens with one attached hydrogen (secondary N) is 1. The molecular formula is C16H16ClFN2O. The molecule has 3 rings (SSSR count). The fraction of sp³-hybridized carbons (Fsp3) is 0.250. The molecule has 3 N–H and O–H groups in total. The van der Waals surface area contributed by atoms with Gasteiger partial charge in [-0.2, -0.15) is 0 Å². The molecule has 3 nitrogen and oxygen atoms in total. The third-order valence-corrected chi connectivity index (χ3v) is 3.95. The highest BCUT2D eigenvalue weighted by Crippen LogP contribution is 2.36. The Kier molecular flexibility index (Phi) is 4.10. The Labute approximate surface area is 127 Å². The van der Waals surface area contributed by atoms with Gasteiger partial charge in [0.15, 0.2) is 0 Å². The molecule has 1 aliphatic rings. The number of hydrogen-bond acceptors (Lipinski definition) is 3. The van der Waals surface area contributed by atoms with E-state index in [2.05, 4.69) is 5.43 Å². The van der Waals surface area contributed by atoms with E-state index in [9.17, 15) is 4.39 Å². The maximum absolute atomic E-state index is 14.2. The van der Waals surface area contributed by atoms with Crippen LogP contribution >= 0.6 is 11.6 Å². The van der Waals surface area contributed by atoms with E-state index >= 15 is 0 Å². The van der Waals surface area contributed by atoms with Crippen LogP contribution in [-0.4, -0.2) is 6.61 Å². The normalized spacial score (nSPS) is 15.2. The van der Waals surface area contributed by atoms with Crippen LogP contribution in [0.5, 0.6) is 5.75 Å². The van der Waals surface area contributed by atoms with Crippen LogP contribution in [0.3, 0.4) is 0 Å². The molecule has 0 aromatic heterocycles. The van der Waals surface area contributed by atoms with E-state index in [1.807, 2.05) is 18.2 Å². The van der Waals surface area contributed by atoms with Crippen LogP contribution in [-0.2, 0) is 6.42 Å². The van der Waals surface area contributed by atoms with Crippen molar-refractivity contribution < 1.29 is 9.13 Å². The second kappa shape index (κ2) is 6.02. The molecule has 0 spiro atoms. The Balaban J connectivity index is 2.08. The van der Waals surface area contributed by atoms with Crippen LogP contribution in [0, 0.1) is 5.82 Å². The molecule has 110 valence electrons. The lowest BCUT2D eigenvalue weighted by Gasteiger charge is -2.25. The van der Waals surface area contributed by atoms with Gasteiger partial charge < -0.3 is 4.74 Å². The summed E-state index contributed by atoms with van der Waals surface area (Å²) >= 11 is 5.81. The highest BCUT2D eigenvalue weighted by molar-refractivity contribution is 6.30. The SMILES string of the molecule is NNC(c1ccc(Cl)cc1F)c1cccc2c1OCCC2. The fourth-order valence-corrected chi connectivity index (χ4v) is 2.88. The molecule has 0 saturated carbocycles. The maximum Gasteiger partial charge on any atom is 0.129 e. The molecule has 0 radical (unpaired) electrons. The van der Waals surface area contributed by atoms with Gasteiger partial charge in [0.2, 0.25) is 0 Å². The van der Waals surface area contributed by atoms with Gasteiger partial charge in [0.1, 0.15) is 11.6 Å². The summed E-state index contributed by atoms with van der Waals surface area (Å²) in [6.07, 6.45) is 1.95. The lowest BCUT2D eigenvalue weighted by molar-refractivity contribution is 0.283. The van der Waals surface area contributed by atoms with E-state index in [4.69, 9.17) is 22.2 Å². The minimum atomic E-state index is -0.477. The third-order valence-electron chi connectivity index (χ3n) is 3.72. The Morgan fingerprint density at radius 2 is 2.10 bits per heavy atom. The molecule has 0 saturated heterocycles. The molecule has 21 heavy (non-hydrogen) atoms. The van der Waals surface area contributed by atoms with Gasteiger partial charge in [0.05, 0.1) is 12.6 Å². The number of hydrogen-bond donors (Lipinski definition) is 2. The monoisotopic (exact) mass is 306 g/mol. The van der Waals surface area contributed by atoms with Crippen molar-refractivity contribution in [1.29, 1.82) is 0 Å². The van der Waals surface area contributed by atoms with Crippen molar-refractivity contribution >= 4 is 11.6 Å². The highest BCUT2D eigenvalue weighted by Gasteiger charge is 2.23. The molecule has 0 fully saturated rings. The minimum absolute atomic E-state index is 0.360. The minimum Gasteiger partial charge on any atom is -0.493 e. The first-order valence-corrected chi connectivity index (χ1v) is 7.24. The smallest absolute Gasteiger partial charge is 0.129 e. The summed E-state index contributed by atoms with van der Waals surface area (Å²) in [6, 6.07) is 9.99.